The smallest absolute Gasteiger partial charge is 0.234 e. The van der Waals surface area contributed by atoms with Crippen LogP contribution in [0.25, 0.3) is 0 Å². The molecule has 0 bridgehead atoms. The van der Waals surface area contributed by atoms with E-state index in [9.17, 15) is 4.79 Å². The maximum atomic E-state index is 11.1. The van der Waals surface area contributed by atoms with Crippen molar-refractivity contribution < 1.29 is 4.79 Å². The average molecular weight is 226 g/mol. The summed E-state index contributed by atoms with van der Waals surface area (Å²) in [5.74, 6) is -0.121. The van der Waals surface area contributed by atoms with Crippen molar-refractivity contribution in [3.8, 4) is 6.07 Å². The SMILES string of the molecule is CCN(CC)CCCNCC(=O)NCC#N. The van der Waals surface area contributed by atoms with Crippen molar-refractivity contribution in [2.75, 3.05) is 39.3 Å². The molecule has 2 N–H and O–H groups in total. The van der Waals surface area contributed by atoms with Gasteiger partial charge in [0.15, 0.2) is 0 Å². The largest absolute Gasteiger partial charge is 0.342 e. The Balaban J connectivity index is 3.33. The predicted molar refractivity (Wildman–Crippen MR) is 63.9 cm³/mol. The maximum absolute atomic E-state index is 11.1. The molecule has 0 spiro atoms. The van der Waals surface area contributed by atoms with Crippen LogP contribution in [0.5, 0.6) is 0 Å². The van der Waals surface area contributed by atoms with E-state index in [1.165, 1.54) is 0 Å². The molecule has 0 radical (unpaired) electrons. The van der Waals surface area contributed by atoms with Gasteiger partial charge in [0.05, 0.1) is 12.6 Å². The third kappa shape index (κ3) is 8.21. The first kappa shape index (κ1) is 14.9. The van der Waals surface area contributed by atoms with E-state index in [-0.39, 0.29) is 12.5 Å². The Morgan fingerprint density at radius 3 is 2.62 bits per heavy atom. The van der Waals surface area contributed by atoms with Gasteiger partial charge in [-0.15, -0.1) is 0 Å². The second-order valence-electron chi connectivity index (χ2n) is 3.49. The van der Waals surface area contributed by atoms with Crippen LogP contribution in [-0.2, 0) is 4.79 Å². The standard InChI is InChI=1S/C11H22N4O/c1-3-15(4-2)9-5-7-13-10-11(16)14-8-6-12/h13H,3-5,7-10H2,1-2H3,(H,14,16). The molecule has 0 heterocycles. The van der Waals surface area contributed by atoms with E-state index in [0.29, 0.717) is 6.54 Å². The number of nitriles is 1. The summed E-state index contributed by atoms with van der Waals surface area (Å²) in [4.78, 5) is 13.4. The van der Waals surface area contributed by atoms with Crippen LogP contribution < -0.4 is 10.6 Å². The van der Waals surface area contributed by atoms with Gasteiger partial charge < -0.3 is 15.5 Å². The molecular weight excluding hydrogens is 204 g/mol. The third-order valence-electron chi connectivity index (χ3n) is 2.37. The van der Waals surface area contributed by atoms with Gasteiger partial charge in [-0.1, -0.05) is 13.8 Å². The highest BCUT2D eigenvalue weighted by atomic mass is 16.1. The van der Waals surface area contributed by atoms with Gasteiger partial charge in [0.25, 0.3) is 0 Å². The number of nitrogens with one attached hydrogen (secondary N) is 2. The summed E-state index contributed by atoms with van der Waals surface area (Å²) in [6.45, 7) is 8.69. The van der Waals surface area contributed by atoms with Crippen LogP contribution >= 0.6 is 0 Å². The molecule has 0 saturated heterocycles. The van der Waals surface area contributed by atoms with E-state index in [0.717, 1.165) is 32.6 Å². The van der Waals surface area contributed by atoms with Crippen LogP contribution in [0.15, 0.2) is 0 Å². The van der Waals surface area contributed by atoms with Crippen molar-refractivity contribution in [3.63, 3.8) is 0 Å². The Kier molecular flexibility index (Phi) is 9.67. The van der Waals surface area contributed by atoms with E-state index < -0.39 is 0 Å². The maximum Gasteiger partial charge on any atom is 0.234 e. The number of nitrogens with zero attached hydrogens (tertiary/aromatic N) is 2. The van der Waals surface area contributed by atoms with Crippen molar-refractivity contribution in [2.24, 2.45) is 0 Å². The molecule has 0 aliphatic carbocycles. The van der Waals surface area contributed by atoms with Crippen LogP contribution in [0, 0.1) is 11.3 Å². The van der Waals surface area contributed by atoms with E-state index >= 15 is 0 Å². The average Bonchev–Trinajstić information content (AvgIpc) is 2.31. The molecule has 0 aromatic carbocycles. The molecule has 0 fully saturated rings. The van der Waals surface area contributed by atoms with Crippen molar-refractivity contribution in [2.45, 2.75) is 20.3 Å². The molecule has 92 valence electrons. The lowest BCUT2D eigenvalue weighted by molar-refractivity contribution is -0.120. The Bertz CT molecular complexity index is 221. The van der Waals surface area contributed by atoms with Crippen LogP contribution in [0.4, 0.5) is 0 Å². The molecular formula is C11H22N4O. The first-order chi connectivity index (χ1) is 7.74. The summed E-state index contributed by atoms with van der Waals surface area (Å²) in [7, 11) is 0. The molecule has 5 heteroatoms. The fraction of sp³-hybridized carbons (Fsp3) is 0.818. The first-order valence-electron chi connectivity index (χ1n) is 5.81. The number of carbonyl (C=O) groups excluding carboxylic acids is 1. The summed E-state index contributed by atoms with van der Waals surface area (Å²) in [6, 6.07) is 1.86. The molecule has 0 rings (SSSR count). The number of amides is 1. The van der Waals surface area contributed by atoms with Crippen LogP contribution in [0.3, 0.4) is 0 Å². The van der Waals surface area contributed by atoms with Crippen molar-refractivity contribution in [1.82, 2.24) is 15.5 Å². The molecule has 0 aliphatic rings. The third-order valence-corrected chi connectivity index (χ3v) is 2.37. The lowest BCUT2D eigenvalue weighted by Gasteiger charge is -2.17. The van der Waals surface area contributed by atoms with Crippen LogP contribution in [0.1, 0.15) is 20.3 Å². The Hall–Kier alpha value is -1.12. The lowest BCUT2D eigenvalue weighted by atomic mass is 10.3. The Morgan fingerprint density at radius 1 is 1.38 bits per heavy atom. The Morgan fingerprint density at radius 2 is 2.06 bits per heavy atom. The molecule has 16 heavy (non-hydrogen) atoms. The molecule has 0 aliphatic heterocycles. The summed E-state index contributed by atoms with van der Waals surface area (Å²) in [5, 5.41) is 13.8. The van der Waals surface area contributed by atoms with Crippen molar-refractivity contribution in [3.05, 3.63) is 0 Å². The zero-order valence-corrected chi connectivity index (χ0v) is 10.3. The quantitative estimate of drug-likeness (QED) is 0.427. The van der Waals surface area contributed by atoms with Gasteiger partial charge in [-0.25, -0.2) is 0 Å². The molecule has 0 atom stereocenters. The van der Waals surface area contributed by atoms with Gasteiger partial charge in [0.2, 0.25) is 5.91 Å². The number of rotatable bonds is 9. The highest BCUT2D eigenvalue weighted by molar-refractivity contribution is 5.78. The lowest BCUT2D eigenvalue weighted by Crippen LogP contribution is -2.35. The zero-order chi connectivity index (χ0) is 12.2. The minimum absolute atomic E-state index is 0.0833. The predicted octanol–water partition coefficient (Wildman–Crippen LogP) is -0.0523. The fourth-order valence-electron chi connectivity index (χ4n) is 1.37. The Labute approximate surface area is 97.8 Å². The number of hydrogen-bond donors (Lipinski definition) is 2. The van der Waals surface area contributed by atoms with Crippen LogP contribution in [0.2, 0.25) is 0 Å². The fourth-order valence-corrected chi connectivity index (χ4v) is 1.37. The van der Waals surface area contributed by atoms with Gasteiger partial charge in [0.1, 0.15) is 6.54 Å². The van der Waals surface area contributed by atoms with Crippen molar-refractivity contribution in [1.29, 1.82) is 5.26 Å². The molecule has 0 aromatic rings. The van der Waals surface area contributed by atoms with E-state index in [4.69, 9.17) is 5.26 Å². The number of carbonyl (C=O) groups is 1. The zero-order valence-electron chi connectivity index (χ0n) is 10.3. The second-order valence-corrected chi connectivity index (χ2v) is 3.49. The summed E-state index contributed by atoms with van der Waals surface area (Å²) in [5.41, 5.74) is 0. The molecule has 5 nitrogen and oxygen atoms in total. The number of hydrogen-bond acceptors (Lipinski definition) is 4. The topological polar surface area (TPSA) is 68.2 Å². The monoisotopic (exact) mass is 226 g/mol. The first-order valence-corrected chi connectivity index (χ1v) is 5.81. The van der Waals surface area contributed by atoms with Gasteiger partial charge in [0, 0.05) is 0 Å². The van der Waals surface area contributed by atoms with Crippen molar-refractivity contribution >= 4 is 5.91 Å². The van der Waals surface area contributed by atoms with Crippen LogP contribution in [-0.4, -0.2) is 50.1 Å². The van der Waals surface area contributed by atoms with E-state index in [1.54, 1.807) is 0 Å². The second kappa shape index (κ2) is 10.4. The highest BCUT2D eigenvalue weighted by Gasteiger charge is 2.00. The summed E-state index contributed by atoms with van der Waals surface area (Å²) >= 11 is 0. The normalized spacial score (nSPS) is 10.1. The van der Waals surface area contributed by atoms with Gasteiger partial charge >= 0.3 is 0 Å². The molecule has 1 amide bonds. The highest BCUT2D eigenvalue weighted by Crippen LogP contribution is 1.88. The van der Waals surface area contributed by atoms with Gasteiger partial charge in [-0.2, -0.15) is 5.26 Å². The molecule has 0 unspecified atom stereocenters. The molecule has 0 aromatic heterocycles. The molecule has 0 saturated carbocycles. The van der Waals surface area contributed by atoms with E-state index in [2.05, 4.69) is 29.4 Å². The van der Waals surface area contributed by atoms with Gasteiger partial charge in [-0.3, -0.25) is 4.79 Å². The summed E-state index contributed by atoms with van der Waals surface area (Å²) in [6.07, 6.45) is 1.03. The minimum atomic E-state index is -0.121. The van der Waals surface area contributed by atoms with E-state index in [1.807, 2.05) is 6.07 Å². The minimum Gasteiger partial charge on any atom is -0.342 e. The summed E-state index contributed by atoms with van der Waals surface area (Å²) < 4.78 is 0. The van der Waals surface area contributed by atoms with Gasteiger partial charge in [-0.05, 0) is 32.6 Å².